The van der Waals surface area contributed by atoms with E-state index in [9.17, 15) is 14.6 Å². The number of anilines is 1. The maximum Gasteiger partial charge on any atom is 0.225 e. The molecule has 1 saturated heterocycles. The van der Waals surface area contributed by atoms with Crippen molar-refractivity contribution in [2.45, 2.75) is 18.9 Å². The molecule has 1 unspecified atom stereocenters. The predicted molar refractivity (Wildman–Crippen MR) is 92.9 cm³/mol. The van der Waals surface area contributed by atoms with Gasteiger partial charge in [0, 0.05) is 26.2 Å². The molecule has 1 fully saturated rings. The molecule has 0 amide bonds. The Balaban J connectivity index is 1.39. The molecule has 134 valence electrons. The first-order valence-corrected chi connectivity index (χ1v) is 8.53. The molecule has 0 bridgehead atoms. The molecule has 2 heterocycles. The van der Waals surface area contributed by atoms with Crippen LogP contribution in [0.15, 0.2) is 36.7 Å². The van der Waals surface area contributed by atoms with Crippen LogP contribution in [-0.2, 0) is 0 Å². The average molecular weight is 346 g/mol. The zero-order valence-corrected chi connectivity index (χ0v) is 14.1. The van der Waals surface area contributed by atoms with Crippen LogP contribution in [0.4, 0.5) is 10.3 Å². The van der Waals surface area contributed by atoms with Crippen molar-refractivity contribution < 1.29 is 14.6 Å². The fourth-order valence-corrected chi connectivity index (χ4v) is 3.01. The van der Waals surface area contributed by atoms with E-state index in [0.29, 0.717) is 12.4 Å². The van der Waals surface area contributed by atoms with E-state index in [2.05, 4.69) is 19.8 Å². The van der Waals surface area contributed by atoms with Gasteiger partial charge in [0.25, 0.3) is 0 Å². The average Bonchev–Trinajstić information content (AvgIpc) is 2.63. The van der Waals surface area contributed by atoms with Crippen molar-refractivity contribution in [3.05, 3.63) is 48.0 Å². The Morgan fingerprint density at radius 2 is 1.68 bits per heavy atom. The van der Waals surface area contributed by atoms with Crippen LogP contribution in [0, 0.1) is 5.82 Å². The van der Waals surface area contributed by atoms with Crippen LogP contribution in [0.2, 0.25) is 0 Å². The lowest BCUT2D eigenvalue weighted by molar-refractivity contribution is 0.154. The van der Waals surface area contributed by atoms with Gasteiger partial charge in [-0.1, -0.05) is 12.1 Å². The van der Waals surface area contributed by atoms with E-state index in [4.69, 9.17) is 0 Å². The van der Waals surface area contributed by atoms with Gasteiger partial charge in [-0.25, -0.2) is 14.4 Å². The van der Waals surface area contributed by atoms with Gasteiger partial charge in [0.15, 0.2) is 5.75 Å². The highest BCUT2D eigenvalue weighted by Crippen LogP contribution is 2.19. The van der Waals surface area contributed by atoms with Gasteiger partial charge in [-0.3, -0.25) is 4.90 Å². The molecule has 1 aromatic heterocycles. The summed E-state index contributed by atoms with van der Waals surface area (Å²) in [6.07, 6.45) is 3.81. The molecule has 0 spiro atoms. The number of hydrogen-bond donors (Lipinski definition) is 2. The second kappa shape index (κ2) is 8.22. The van der Waals surface area contributed by atoms with E-state index in [-0.39, 0.29) is 11.6 Å². The Labute approximate surface area is 146 Å². The van der Waals surface area contributed by atoms with E-state index < -0.39 is 6.10 Å². The van der Waals surface area contributed by atoms with Crippen molar-refractivity contribution in [3.63, 3.8) is 0 Å². The molecule has 1 aliphatic rings. The number of nitrogens with zero attached hydrogens (tertiary/aromatic N) is 4. The van der Waals surface area contributed by atoms with E-state index >= 15 is 0 Å². The highest BCUT2D eigenvalue weighted by Gasteiger charge is 2.19. The first kappa shape index (κ1) is 17.6. The van der Waals surface area contributed by atoms with E-state index in [1.165, 1.54) is 24.5 Å². The molecule has 0 aliphatic carbocycles. The standard InChI is InChI=1S/C18H23FN4O2/c19-15-5-3-14(4-6-15)17(25)2-1-7-22-8-10-23(11-9-22)18-20-12-16(24)13-21-18/h3-6,12-13,17,24-25H,1-2,7-11H2. The van der Waals surface area contributed by atoms with Crippen LogP contribution < -0.4 is 4.90 Å². The van der Waals surface area contributed by atoms with Crippen LogP contribution in [0.1, 0.15) is 24.5 Å². The van der Waals surface area contributed by atoms with Gasteiger partial charge in [0.05, 0.1) is 18.5 Å². The topological polar surface area (TPSA) is 72.7 Å². The zero-order chi connectivity index (χ0) is 17.6. The molecule has 7 heteroatoms. The number of rotatable bonds is 6. The number of aliphatic hydroxyl groups is 1. The van der Waals surface area contributed by atoms with E-state index in [1.54, 1.807) is 12.1 Å². The lowest BCUT2D eigenvalue weighted by Crippen LogP contribution is -2.47. The Morgan fingerprint density at radius 3 is 2.32 bits per heavy atom. The first-order chi connectivity index (χ1) is 12.1. The quantitative estimate of drug-likeness (QED) is 0.833. The fraction of sp³-hybridized carbons (Fsp3) is 0.444. The molecular formula is C18H23FN4O2. The van der Waals surface area contributed by atoms with Crippen LogP contribution in [0.5, 0.6) is 5.75 Å². The van der Waals surface area contributed by atoms with Gasteiger partial charge in [-0.05, 0) is 37.1 Å². The third-order valence-electron chi connectivity index (χ3n) is 4.49. The van der Waals surface area contributed by atoms with Gasteiger partial charge in [-0.2, -0.15) is 0 Å². The minimum absolute atomic E-state index is 0.0714. The normalized spacial score (nSPS) is 16.8. The number of halogens is 1. The summed E-state index contributed by atoms with van der Waals surface area (Å²) in [6, 6.07) is 6.03. The first-order valence-electron chi connectivity index (χ1n) is 8.53. The molecule has 0 saturated carbocycles. The molecule has 25 heavy (non-hydrogen) atoms. The number of benzene rings is 1. The summed E-state index contributed by atoms with van der Waals surface area (Å²) in [6.45, 7) is 4.42. The van der Waals surface area contributed by atoms with Gasteiger partial charge in [0.1, 0.15) is 5.82 Å². The molecule has 0 radical (unpaired) electrons. The smallest absolute Gasteiger partial charge is 0.225 e. The fourth-order valence-electron chi connectivity index (χ4n) is 3.01. The second-order valence-electron chi connectivity index (χ2n) is 6.28. The number of aromatic nitrogens is 2. The Hall–Kier alpha value is -2.25. The van der Waals surface area contributed by atoms with Crippen LogP contribution in [0.25, 0.3) is 0 Å². The summed E-state index contributed by atoms with van der Waals surface area (Å²) >= 11 is 0. The maximum absolute atomic E-state index is 12.9. The van der Waals surface area contributed by atoms with Gasteiger partial charge in [0.2, 0.25) is 5.95 Å². The van der Waals surface area contributed by atoms with Crippen molar-refractivity contribution in [1.82, 2.24) is 14.9 Å². The Morgan fingerprint density at radius 1 is 1.04 bits per heavy atom. The van der Waals surface area contributed by atoms with Crippen LogP contribution >= 0.6 is 0 Å². The molecule has 6 nitrogen and oxygen atoms in total. The van der Waals surface area contributed by atoms with Crippen molar-refractivity contribution in [2.24, 2.45) is 0 Å². The van der Waals surface area contributed by atoms with E-state index in [1.807, 2.05) is 0 Å². The SMILES string of the molecule is Oc1cnc(N2CCN(CCCC(O)c3ccc(F)cc3)CC2)nc1. The molecule has 3 rings (SSSR count). The second-order valence-corrected chi connectivity index (χ2v) is 6.28. The van der Waals surface area contributed by atoms with Crippen molar-refractivity contribution >= 4 is 5.95 Å². The number of hydrogen-bond acceptors (Lipinski definition) is 6. The molecule has 2 aromatic rings. The summed E-state index contributed by atoms with van der Waals surface area (Å²) in [5.74, 6) is 0.428. The summed E-state index contributed by atoms with van der Waals surface area (Å²) in [5, 5.41) is 19.4. The number of piperazine rings is 1. The maximum atomic E-state index is 12.9. The van der Waals surface area contributed by atoms with Crippen molar-refractivity contribution in [3.8, 4) is 5.75 Å². The van der Waals surface area contributed by atoms with E-state index in [0.717, 1.165) is 44.7 Å². The molecule has 1 aliphatic heterocycles. The highest BCUT2D eigenvalue weighted by molar-refractivity contribution is 5.31. The molecule has 1 aromatic carbocycles. The summed E-state index contributed by atoms with van der Waals surface area (Å²) in [7, 11) is 0. The third kappa shape index (κ3) is 4.87. The number of aliphatic hydroxyl groups excluding tert-OH is 1. The minimum atomic E-state index is -0.549. The van der Waals surface area contributed by atoms with Gasteiger partial charge < -0.3 is 15.1 Å². The lowest BCUT2D eigenvalue weighted by atomic mass is 10.0. The Bertz CT molecular complexity index is 658. The summed E-state index contributed by atoms with van der Waals surface area (Å²) in [5.41, 5.74) is 0.760. The van der Waals surface area contributed by atoms with Crippen LogP contribution in [0.3, 0.4) is 0 Å². The van der Waals surface area contributed by atoms with Gasteiger partial charge in [-0.15, -0.1) is 0 Å². The predicted octanol–water partition coefficient (Wildman–Crippen LogP) is 1.96. The molecule has 2 N–H and O–H groups in total. The largest absolute Gasteiger partial charge is 0.505 e. The minimum Gasteiger partial charge on any atom is -0.505 e. The summed E-state index contributed by atoms with van der Waals surface area (Å²) in [4.78, 5) is 12.7. The molecule has 1 atom stereocenters. The number of aromatic hydroxyl groups is 1. The highest BCUT2D eigenvalue weighted by atomic mass is 19.1. The summed E-state index contributed by atoms with van der Waals surface area (Å²) < 4.78 is 12.9. The molecular weight excluding hydrogens is 323 g/mol. The lowest BCUT2D eigenvalue weighted by Gasteiger charge is -2.34. The third-order valence-corrected chi connectivity index (χ3v) is 4.49. The van der Waals surface area contributed by atoms with Crippen LogP contribution in [-0.4, -0.2) is 57.8 Å². The van der Waals surface area contributed by atoms with Crippen molar-refractivity contribution in [1.29, 1.82) is 0 Å². The van der Waals surface area contributed by atoms with Crippen molar-refractivity contribution in [2.75, 3.05) is 37.6 Å². The van der Waals surface area contributed by atoms with Gasteiger partial charge >= 0.3 is 0 Å². The zero-order valence-electron chi connectivity index (χ0n) is 14.1. The monoisotopic (exact) mass is 346 g/mol. The Kier molecular flexibility index (Phi) is 5.78.